The van der Waals surface area contributed by atoms with E-state index >= 15 is 0 Å². The molecule has 0 bridgehead atoms. The zero-order valence-electron chi connectivity index (χ0n) is 15.6. The van der Waals surface area contributed by atoms with Crippen molar-refractivity contribution in [2.24, 2.45) is 7.05 Å². The van der Waals surface area contributed by atoms with E-state index in [1.54, 1.807) is 14.0 Å². The Bertz CT molecular complexity index is 985. The van der Waals surface area contributed by atoms with E-state index < -0.39 is 5.97 Å². The van der Waals surface area contributed by atoms with Crippen molar-refractivity contribution in [1.82, 2.24) is 20.2 Å². The topological polar surface area (TPSA) is 99.0 Å². The van der Waals surface area contributed by atoms with Crippen LogP contribution in [0.5, 0.6) is 0 Å². The van der Waals surface area contributed by atoms with Gasteiger partial charge in [0.1, 0.15) is 10.6 Å². The minimum atomic E-state index is -0.453. The summed E-state index contributed by atoms with van der Waals surface area (Å²) < 4.78 is 6.73. The van der Waals surface area contributed by atoms with Gasteiger partial charge in [0.25, 0.3) is 0 Å². The van der Waals surface area contributed by atoms with Gasteiger partial charge in [-0.15, -0.1) is 16.4 Å². The third-order valence-electron chi connectivity index (χ3n) is 3.79. The van der Waals surface area contributed by atoms with E-state index in [0.717, 1.165) is 16.0 Å². The molecule has 0 aliphatic carbocycles. The Morgan fingerprint density at radius 2 is 2.04 bits per heavy atom. The van der Waals surface area contributed by atoms with Gasteiger partial charge in [0.05, 0.1) is 12.4 Å². The highest BCUT2D eigenvalue weighted by Gasteiger charge is 2.25. The molecule has 8 nitrogen and oxygen atoms in total. The molecule has 146 valence electrons. The van der Waals surface area contributed by atoms with E-state index in [1.807, 2.05) is 37.3 Å². The summed E-state index contributed by atoms with van der Waals surface area (Å²) in [6, 6.07) is 9.59. The first-order valence-corrected chi connectivity index (χ1v) is 10.3. The molecule has 1 N–H and O–H groups in total. The first-order valence-electron chi connectivity index (χ1n) is 8.52. The van der Waals surface area contributed by atoms with E-state index in [4.69, 9.17) is 4.74 Å². The predicted molar refractivity (Wildman–Crippen MR) is 109 cm³/mol. The number of hydrogen-bond donors (Lipinski definition) is 1. The second kappa shape index (κ2) is 8.98. The Balaban J connectivity index is 1.86. The fourth-order valence-electron chi connectivity index (χ4n) is 2.62. The SMILES string of the molecule is CCOC(=O)c1c(NC(=O)CSc2nnnn2C)sc(C)c1-c1ccccc1. The lowest BCUT2D eigenvalue weighted by Gasteiger charge is -2.09. The summed E-state index contributed by atoms with van der Waals surface area (Å²) >= 11 is 2.57. The molecule has 2 heterocycles. The molecular formula is C18H19N5O3S2. The quantitative estimate of drug-likeness (QED) is 0.466. The molecule has 3 rings (SSSR count). The second-order valence-corrected chi connectivity index (χ2v) is 7.91. The number of aromatic nitrogens is 4. The molecule has 0 aliphatic heterocycles. The number of hydrogen-bond acceptors (Lipinski definition) is 8. The Hall–Kier alpha value is -2.72. The molecule has 0 saturated heterocycles. The van der Waals surface area contributed by atoms with Crippen LogP contribution in [0, 0.1) is 6.92 Å². The first kappa shape index (κ1) is 20.0. The van der Waals surface area contributed by atoms with Crippen molar-refractivity contribution in [3.8, 4) is 11.1 Å². The van der Waals surface area contributed by atoms with Gasteiger partial charge in [-0.2, -0.15) is 0 Å². The molecule has 2 aromatic heterocycles. The molecular weight excluding hydrogens is 398 g/mol. The normalized spacial score (nSPS) is 10.7. The number of thioether (sulfide) groups is 1. The fourth-order valence-corrected chi connectivity index (χ4v) is 4.35. The van der Waals surface area contributed by atoms with Crippen LogP contribution in [0.1, 0.15) is 22.2 Å². The number of carbonyl (C=O) groups excluding carboxylic acids is 2. The van der Waals surface area contributed by atoms with E-state index in [1.165, 1.54) is 27.8 Å². The van der Waals surface area contributed by atoms with Gasteiger partial charge in [-0.05, 0) is 29.8 Å². The van der Waals surface area contributed by atoms with Crippen molar-refractivity contribution < 1.29 is 14.3 Å². The van der Waals surface area contributed by atoms with Gasteiger partial charge in [0, 0.05) is 17.5 Å². The zero-order valence-corrected chi connectivity index (χ0v) is 17.3. The molecule has 0 atom stereocenters. The number of aryl methyl sites for hydroxylation is 2. The Labute approximate surface area is 170 Å². The van der Waals surface area contributed by atoms with E-state index in [2.05, 4.69) is 20.8 Å². The van der Waals surface area contributed by atoms with Gasteiger partial charge in [-0.1, -0.05) is 42.1 Å². The summed E-state index contributed by atoms with van der Waals surface area (Å²) in [5.41, 5.74) is 2.07. The van der Waals surface area contributed by atoms with Gasteiger partial charge >= 0.3 is 5.97 Å². The minimum absolute atomic E-state index is 0.119. The van der Waals surface area contributed by atoms with E-state index in [-0.39, 0.29) is 18.3 Å². The van der Waals surface area contributed by atoms with Crippen LogP contribution in [0.25, 0.3) is 11.1 Å². The third kappa shape index (κ3) is 4.39. The monoisotopic (exact) mass is 417 g/mol. The summed E-state index contributed by atoms with van der Waals surface area (Å²) in [5, 5.41) is 15.0. The smallest absolute Gasteiger partial charge is 0.341 e. The maximum Gasteiger partial charge on any atom is 0.341 e. The van der Waals surface area contributed by atoms with Crippen LogP contribution in [0.3, 0.4) is 0 Å². The Morgan fingerprint density at radius 3 is 2.68 bits per heavy atom. The van der Waals surface area contributed by atoms with Crippen molar-refractivity contribution in [3.05, 3.63) is 40.8 Å². The number of carbonyl (C=O) groups is 2. The Morgan fingerprint density at radius 1 is 1.29 bits per heavy atom. The summed E-state index contributed by atoms with van der Waals surface area (Å²) in [5.74, 6) is -0.584. The number of rotatable bonds is 7. The highest BCUT2D eigenvalue weighted by atomic mass is 32.2. The third-order valence-corrected chi connectivity index (χ3v) is 5.82. The number of thiophene rings is 1. The van der Waals surface area contributed by atoms with Gasteiger partial charge < -0.3 is 10.1 Å². The summed E-state index contributed by atoms with van der Waals surface area (Å²) in [4.78, 5) is 26.0. The first-order chi connectivity index (χ1) is 13.5. The standard InChI is InChI=1S/C18H19N5O3S2/c1-4-26-17(25)15-14(12-8-6-5-7-9-12)11(2)28-16(15)19-13(24)10-27-18-20-21-22-23(18)3/h5-9H,4,10H2,1-3H3,(H,19,24). The van der Waals surface area contributed by atoms with Gasteiger partial charge in [0.2, 0.25) is 11.1 Å². The zero-order chi connectivity index (χ0) is 20.1. The maximum absolute atomic E-state index is 12.6. The number of ether oxygens (including phenoxy) is 1. The number of nitrogens with zero attached hydrogens (tertiary/aromatic N) is 4. The molecule has 10 heteroatoms. The Kier molecular flexibility index (Phi) is 6.42. The van der Waals surface area contributed by atoms with Crippen LogP contribution in [-0.2, 0) is 16.6 Å². The van der Waals surface area contributed by atoms with Crippen molar-refractivity contribution in [3.63, 3.8) is 0 Å². The highest BCUT2D eigenvalue weighted by Crippen LogP contribution is 2.40. The molecule has 0 aliphatic rings. The van der Waals surface area contributed by atoms with E-state index in [0.29, 0.717) is 15.7 Å². The summed E-state index contributed by atoms with van der Waals surface area (Å²) in [7, 11) is 1.70. The highest BCUT2D eigenvalue weighted by molar-refractivity contribution is 7.99. The number of benzene rings is 1. The van der Waals surface area contributed by atoms with E-state index in [9.17, 15) is 9.59 Å². The molecule has 0 spiro atoms. The average Bonchev–Trinajstić information content (AvgIpc) is 3.23. The lowest BCUT2D eigenvalue weighted by atomic mass is 10.0. The molecule has 0 radical (unpaired) electrons. The number of amides is 1. The second-order valence-electron chi connectivity index (χ2n) is 5.75. The van der Waals surface area contributed by atoms with Crippen molar-refractivity contribution in [1.29, 1.82) is 0 Å². The van der Waals surface area contributed by atoms with Crippen LogP contribution in [0.15, 0.2) is 35.5 Å². The number of esters is 1. The lowest BCUT2D eigenvalue weighted by Crippen LogP contribution is -2.16. The van der Waals surface area contributed by atoms with Crippen LogP contribution in [-0.4, -0.2) is 44.4 Å². The number of anilines is 1. The molecule has 1 aromatic carbocycles. The van der Waals surface area contributed by atoms with Crippen LogP contribution in [0.4, 0.5) is 5.00 Å². The van der Waals surface area contributed by atoms with Crippen molar-refractivity contribution >= 4 is 40.0 Å². The molecule has 0 saturated carbocycles. The molecule has 1 amide bonds. The largest absolute Gasteiger partial charge is 0.462 e. The molecule has 28 heavy (non-hydrogen) atoms. The molecule has 0 unspecified atom stereocenters. The van der Waals surface area contributed by atoms with Gasteiger partial charge in [-0.25, -0.2) is 9.48 Å². The minimum Gasteiger partial charge on any atom is -0.462 e. The summed E-state index contributed by atoms with van der Waals surface area (Å²) in [6.45, 7) is 3.93. The molecule has 0 fully saturated rings. The summed E-state index contributed by atoms with van der Waals surface area (Å²) in [6.07, 6.45) is 0. The van der Waals surface area contributed by atoms with Crippen molar-refractivity contribution in [2.45, 2.75) is 19.0 Å². The van der Waals surface area contributed by atoms with Crippen LogP contribution < -0.4 is 5.32 Å². The van der Waals surface area contributed by atoms with Gasteiger partial charge in [-0.3, -0.25) is 4.79 Å². The number of nitrogens with one attached hydrogen (secondary N) is 1. The molecule has 3 aromatic rings. The lowest BCUT2D eigenvalue weighted by molar-refractivity contribution is -0.113. The van der Waals surface area contributed by atoms with Gasteiger partial charge in [0.15, 0.2) is 0 Å². The maximum atomic E-state index is 12.6. The fraction of sp³-hybridized carbons (Fsp3) is 0.278. The number of tetrazole rings is 1. The average molecular weight is 418 g/mol. The van der Waals surface area contributed by atoms with Crippen LogP contribution in [0.2, 0.25) is 0 Å². The van der Waals surface area contributed by atoms with Crippen molar-refractivity contribution in [2.75, 3.05) is 17.7 Å². The predicted octanol–water partition coefficient (Wildman–Crippen LogP) is 3.15. The van der Waals surface area contributed by atoms with Crippen LogP contribution >= 0.6 is 23.1 Å².